The summed E-state index contributed by atoms with van der Waals surface area (Å²) in [7, 11) is 6.29. The van der Waals surface area contributed by atoms with Gasteiger partial charge < -0.3 is 28.9 Å². The summed E-state index contributed by atoms with van der Waals surface area (Å²) in [4.78, 5) is 6.09. The Morgan fingerprint density at radius 1 is 0.967 bits per heavy atom. The average molecular weight is 415 g/mol. The van der Waals surface area contributed by atoms with Crippen LogP contribution < -0.4 is 18.9 Å². The molecule has 0 aliphatic carbocycles. The van der Waals surface area contributed by atoms with E-state index in [9.17, 15) is 5.11 Å². The van der Waals surface area contributed by atoms with Crippen molar-refractivity contribution in [2.75, 3.05) is 28.4 Å². The molecule has 0 aromatic heterocycles. The van der Waals surface area contributed by atoms with Crippen LogP contribution in [0.15, 0.2) is 35.5 Å². The van der Waals surface area contributed by atoms with Crippen molar-refractivity contribution in [3.8, 4) is 28.7 Å². The fraction of sp³-hybridized carbons (Fsp3) is 0.435. The number of rotatable bonds is 9. The molecule has 2 aromatic carbocycles. The molecule has 0 fully saturated rings. The highest BCUT2D eigenvalue weighted by atomic mass is 16.7. The van der Waals surface area contributed by atoms with Crippen LogP contribution in [-0.2, 0) is 10.4 Å². The van der Waals surface area contributed by atoms with Crippen LogP contribution in [0.3, 0.4) is 0 Å². The van der Waals surface area contributed by atoms with Gasteiger partial charge in [0.1, 0.15) is 0 Å². The Balaban J connectivity index is 2.00. The normalized spacial score (nSPS) is 17.8. The minimum atomic E-state index is -0.659. The number of ether oxygens (including phenoxy) is 4. The first-order chi connectivity index (χ1) is 14.5. The van der Waals surface area contributed by atoms with E-state index in [2.05, 4.69) is 12.1 Å². The number of methoxy groups -OCH3 is 4. The quantitative estimate of drug-likeness (QED) is 0.643. The number of nitrogens with zero attached hydrogens (tertiary/aromatic N) is 1. The minimum absolute atomic E-state index is 0.0662. The van der Waals surface area contributed by atoms with Gasteiger partial charge in [-0.25, -0.2) is 0 Å². The predicted octanol–water partition coefficient (Wildman–Crippen LogP) is 4.64. The third kappa shape index (κ3) is 3.97. The van der Waals surface area contributed by atoms with Crippen LogP contribution >= 0.6 is 0 Å². The molecule has 1 aliphatic rings. The first-order valence-electron chi connectivity index (χ1n) is 9.94. The van der Waals surface area contributed by atoms with Gasteiger partial charge >= 0.3 is 0 Å². The molecule has 0 radical (unpaired) electrons. The van der Waals surface area contributed by atoms with Crippen molar-refractivity contribution in [3.63, 3.8) is 0 Å². The largest absolute Gasteiger partial charge is 0.504 e. The molecule has 1 atom stereocenters. The highest BCUT2D eigenvalue weighted by Crippen LogP contribution is 2.47. The van der Waals surface area contributed by atoms with Crippen molar-refractivity contribution in [1.82, 2.24) is 0 Å². The molecule has 3 rings (SSSR count). The molecule has 30 heavy (non-hydrogen) atoms. The second kappa shape index (κ2) is 9.15. The number of phenols is 1. The van der Waals surface area contributed by atoms with E-state index in [4.69, 9.17) is 23.8 Å². The summed E-state index contributed by atoms with van der Waals surface area (Å²) in [5.41, 5.74) is 1.80. The third-order valence-electron chi connectivity index (χ3n) is 5.42. The van der Waals surface area contributed by atoms with Crippen molar-refractivity contribution < 1.29 is 28.9 Å². The number of hydrogen-bond donors (Lipinski definition) is 1. The smallest absolute Gasteiger partial charge is 0.203 e. The molecule has 2 aromatic rings. The van der Waals surface area contributed by atoms with E-state index in [1.165, 1.54) is 7.11 Å². The molecule has 0 saturated carbocycles. The Labute approximate surface area is 177 Å². The lowest BCUT2D eigenvalue weighted by Crippen LogP contribution is -2.27. The number of benzene rings is 2. The molecule has 1 N–H and O–H groups in total. The van der Waals surface area contributed by atoms with Gasteiger partial charge in [0.15, 0.2) is 28.6 Å². The van der Waals surface area contributed by atoms with Crippen LogP contribution in [0.25, 0.3) is 0 Å². The van der Waals surface area contributed by atoms with E-state index < -0.39 is 5.60 Å². The molecule has 1 heterocycles. The molecule has 1 unspecified atom stereocenters. The zero-order valence-electron chi connectivity index (χ0n) is 18.2. The van der Waals surface area contributed by atoms with E-state index in [0.717, 1.165) is 36.1 Å². The monoisotopic (exact) mass is 415 g/mol. The van der Waals surface area contributed by atoms with Gasteiger partial charge in [0, 0.05) is 17.5 Å². The standard InChI is InChI=1S/C23H29NO6/c1-6-7-10-23(16-12-20(27-3)22(29-5)21(13-16)28-4)14-17(24-30-23)15-8-9-19(26-2)18(25)11-15/h8-9,11-13,25H,6-7,10,14H2,1-5H3. The Bertz CT molecular complexity index is 901. The second-order valence-corrected chi connectivity index (χ2v) is 7.20. The molecule has 162 valence electrons. The minimum Gasteiger partial charge on any atom is -0.504 e. The Morgan fingerprint density at radius 2 is 1.63 bits per heavy atom. The maximum Gasteiger partial charge on any atom is 0.203 e. The molecular formula is C23H29NO6. The van der Waals surface area contributed by atoms with Crippen molar-refractivity contribution in [2.24, 2.45) is 5.16 Å². The first kappa shape index (κ1) is 21.6. The summed E-state index contributed by atoms with van der Waals surface area (Å²) in [6.07, 6.45) is 3.32. The van der Waals surface area contributed by atoms with E-state index in [-0.39, 0.29) is 5.75 Å². The fourth-order valence-electron chi connectivity index (χ4n) is 3.74. The highest BCUT2D eigenvalue weighted by molar-refractivity contribution is 6.02. The number of aromatic hydroxyl groups is 1. The lowest BCUT2D eigenvalue weighted by Gasteiger charge is -2.28. The molecular weight excluding hydrogens is 386 g/mol. The molecule has 0 amide bonds. The number of phenolic OH excluding ortho intramolecular Hbond substituents is 1. The number of oxime groups is 1. The summed E-state index contributed by atoms with van der Waals surface area (Å²) in [6.45, 7) is 2.14. The molecule has 0 spiro atoms. The summed E-state index contributed by atoms with van der Waals surface area (Å²) in [5.74, 6) is 2.16. The zero-order valence-corrected chi connectivity index (χ0v) is 18.2. The first-order valence-corrected chi connectivity index (χ1v) is 9.94. The average Bonchev–Trinajstić information content (AvgIpc) is 3.22. The van der Waals surface area contributed by atoms with Gasteiger partial charge in [-0.15, -0.1) is 0 Å². The van der Waals surface area contributed by atoms with E-state index in [1.807, 2.05) is 18.2 Å². The summed E-state index contributed by atoms with van der Waals surface area (Å²) in [5, 5.41) is 14.6. The van der Waals surface area contributed by atoms with Crippen molar-refractivity contribution in [1.29, 1.82) is 0 Å². The third-order valence-corrected chi connectivity index (χ3v) is 5.42. The van der Waals surface area contributed by atoms with Crippen molar-refractivity contribution in [2.45, 2.75) is 38.2 Å². The highest BCUT2D eigenvalue weighted by Gasteiger charge is 2.42. The van der Waals surface area contributed by atoms with E-state index >= 15 is 0 Å². The van der Waals surface area contributed by atoms with Crippen LogP contribution in [0.2, 0.25) is 0 Å². The van der Waals surface area contributed by atoms with Gasteiger partial charge in [-0.05, 0) is 43.2 Å². The van der Waals surface area contributed by atoms with Crippen LogP contribution in [0.5, 0.6) is 28.7 Å². The van der Waals surface area contributed by atoms with Gasteiger partial charge in [-0.2, -0.15) is 0 Å². The molecule has 0 bridgehead atoms. The SMILES string of the molecule is CCCCC1(c2cc(OC)c(OC)c(OC)c2)CC(c2ccc(OC)c(O)c2)=NO1. The van der Waals surface area contributed by atoms with Crippen LogP contribution in [0, 0.1) is 0 Å². The maximum atomic E-state index is 10.2. The second-order valence-electron chi connectivity index (χ2n) is 7.20. The summed E-state index contributed by atoms with van der Waals surface area (Å²) < 4.78 is 21.7. The molecule has 7 heteroatoms. The van der Waals surface area contributed by atoms with Gasteiger partial charge in [-0.3, -0.25) is 0 Å². The van der Waals surface area contributed by atoms with Crippen molar-refractivity contribution >= 4 is 5.71 Å². The van der Waals surface area contributed by atoms with Gasteiger partial charge in [-0.1, -0.05) is 18.5 Å². The van der Waals surface area contributed by atoms with Crippen LogP contribution in [0.4, 0.5) is 0 Å². The number of hydrogen-bond acceptors (Lipinski definition) is 7. The molecule has 0 saturated heterocycles. The maximum absolute atomic E-state index is 10.2. The Hall–Kier alpha value is -3.09. The zero-order chi connectivity index (χ0) is 21.7. The Kier molecular flexibility index (Phi) is 6.59. The van der Waals surface area contributed by atoms with E-state index in [0.29, 0.717) is 29.4 Å². The van der Waals surface area contributed by atoms with Crippen molar-refractivity contribution in [3.05, 3.63) is 41.5 Å². The van der Waals surface area contributed by atoms with Gasteiger partial charge in [0.25, 0.3) is 0 Å². The fourth-order valence-corrected chi connectivity index (χ4v) is 3.74. The summed E-state index contributed by atoms with van der Waals surface area (Å²) >= 11 is 0. The number of unbranched alkanes of at least 4 members (excludes halogenated alkanes) is 1. The van der Waals surface area contributed by atoms with Crippen LogP contribution in [0.1, 0.15) is 43.7 Å². The predicted molar refractivity (Wildman–Crippen MR) is 114 cm³/mol. The topological polar surface area (TPSA) is 78.7 Å². The summed E-state index contributed by atoms with van der Waals surface area (Å²) in [6, 6.07) is 9.07. The molecule has 1 aliphatic heterocycles. The molecule has 7 nitrogen and oxygen atoms in total. The lowest BCUT2D eigenvalue weighted by molar-refractivity contribution is -0.0318. The lowest BCUT2D eigenvalue weighted by atomic mass is 9.83. The van der Waals surface area contributed by atoms with Gasteiger partial charge in [0.05, 0.1) is 34.2 Å². The Morgan fingerprint density at radius 3 is 2.17 bits per heavy atom. The van der Waals surface area contributed by atoms with E-state index in [1.54, 1.807) is 33.5 Å². The van der Waals surface area contributed by atoms with Gasteiger partial charge in [0.2, 0.25) is 5.75 Å². The van der Waals surface area contributed by atoms with Crippen LogP contribution in [-0.4, -0.2) is 39.3 Å².